The van der Waals surface area contributed by atoms with Gasteiger partial charge in [-0.25, -0.2) is 13.2 Å². The molecule has 2 aromatic rings. The van der Waals surface area contributed by atoms with Gasteiger partial charge < -0.3 is 9.84 Å². The van der Waals surface area contributed by atoms with E-state index in [1.165, 1.54) is 31.4 Å². The second kappa shape index (κ2) is 9.36. The lowest BCUT2D eigenvalue weighted by Crippen LogP contribution is -2.37. The summed E-state index contributed by atoms with van der Waals surface area (Å²) in [7, 11) is -3.16. The average molecular weight is 405 g/mol. The van der Waals surface area contributed by atoms with Crippen LogP contribution in [0, 0.1) is 0 Å². The highest BCUT2D eigenvalue weighted by molar-refractivity contribution is 7.93. The minimum Gasteiger partial charge on any atom is -0.478 e. The lowest BCUT2D eigenvalue weighted by molar-refractivity contribution is -0.138. The Morgan fingerprint density at radius 2 is 1.71 bits per heavy atom. The van der Waals surface area contributed by atoms with Crippen molar-refractivity contribution in [3.8, 4) is 0 Å². The second-order valence-electron chi connectivity index (χ2n) is 6.12. The zero-order valence-corrected chi connectivity index (χ0v) is 16.6. The average Bonchev–Trinajstić information content (AvgIpc) is 2.70. The van der Waals surface area contributed by atoms with Crippen molar-refractivity contribution in [2.75, 3.05) is 18.0 Å². The zero-order valence-electron chi connectivity index (χ0n) is 15.8. The summed E-state index contributed by atoms with van der Waals surface area (Å²) in [6.45, 7) is 1.46. The Morgan fingerprint density at radius 1 is 1.07 bits per heavy atom. The normalized spacial score (nSPS) is 11.1. The van der Waals surface area contributed by atoms with E-state index >= 15 is 0 Å². The fraction of sp³-hybridized carbons (Fsp3) is 0.300. The van der Waals surface area contributed by atoms with Gasteiger partial charge in [-0.2, -0.15) is 0 Å². The molecule has 28 heavy (non-hydrogen) atoms. The van der Waals surface area contributed by atoms with Gasteiger partial charge >= 0.3 is 11.9 Å². The van der Waals surface area contributed by atoms with Crippen LogP contribution < -0.4 is 4.31 Å². The van der Waals surface area contributed by atoms with E-state index in [1.54, 1.807) is 24.3 Å². The van der Waals surface area contributed by atoms with E-state index in [1.807, 2.05) is 6.92 Å². The van der Waals surface area contributed by atoms with Gasteiger partial charge in [0.2, 0.25) is 0 Å². The Labute approximate surface area is 164 Å². The van der Waals surface area contributed by atoms with Gasteiger partial charge in [-0.15, -0.1) is 0 Å². The third-order valence-electron chi connectivity index (χ3n) is 4.25. The smallest absolute Gasteiger partial charge is 0.337 e. The van der Waals surface area contributed by atoms with Crippen LogP contribution in [0.25, 0.3) is 0 Å². The first kappa shape index (κ1) is 21.4. The molecule has 0 atom stereocenters. The Morgan fingerprint density at radius 3 is 2.36 bits per heavy atom. The Kier molecular flexibility index (Phi) is 7.17. The van der Waals surface area contributed by atoms with Gasteiger partial charge in [0.25, 0.3) is 10.0 Å². The summed E-state index contributed by atoms with van der Waals surface area (Å²) in [5.41, 5.74) is 0.731. The predicted octanol–water partition coefficient (Wildman–Crippen LogP) is 3.10. The molecular weight excluding hydrogens is 382 g/mol. The molecule has 0 saturated heterocycles. The number of rotatable bonds is 9. The van der Waals surface area contributed by atoms with Crippen molar-refractivity contribution in [1.82, 2.24) is 0 Å². The van der Waals surface area contributed by atoms with Gasteiger partial charge in [-0.1, -0.05) is 43.7 Å². The first-order chi connectivity index (χ1) is 13.3. The van der Waals surface area contributed by atoms with Crippen molar-refractivity contribution in [3.63, 3.8) is 0 Å². The molecule has 0 radical (unpaired) electrons. The van der Waals surface area contributed by atoms with Gasteiger partial charge in [0, 0.05) is 0 Å². The topological polar surface area (TPSA) is 101 Å². The Hall–Kier alpha value is -2.87. The Bertz CT molecular complexity index is 955. The lowest BCUT2D eigenvalue weighted by Gasteiger charge is -2.26. The van der Waals surface area contributed by atoms with E-state index in [2.05, 4.69) is 4.74 Å². The van der Waals surface area contributed by atoms with Crippen molar-refractivity contribution in [3.05, 3.63) is 59.7 Å². The number of sulfonamides is 1. The highest BCUT2D eigenvalue weighted by Gasteiger charge is 2.32. The summed E-state index contributed by atoms with van der Waals surface area (Å²) in [5.74, 6) is -2.11. The predicted molar refractivity (Wildman–Crippen MR) is 105 cm³/mol. The number of ether oxygens (including phenoxy) is 1. The molecule has 0 heterocycles. The molecule has 8 heteroatoms. The van der Waals surface area contributed by atoms with Crippen LogP contribution in [-0.4, -0.2) is 39.1 Å². The van der Waals surface area contributed by atoms with E-state index in [0.29, 0.717) is 12.1 Å². The number of esters is 1. The Balaban J connectivity index is 2.65. The number of anilines is 1. The highest BCUT2D eigenvalue weighted by atomic mass is 32.2. The van der Waals surface area contributed by atoms with E-state index in [4.69, 9.17) is 0 Å². The van der Waals surface area contributed by atoms with Crippen molar-refractivity contribution in [2.24, 2.45) is 0 Å². The first-order valence-corrected chi connectivity index (χ1v) is 10.3. The molecule has 2 rings (SSSR count). The maximum absolute atomic E-state index is 13.4. The summed E-state index contributed by atoms with van der Waals surface area (Å²) in [4.78, 5) is 23.1. The quantitative estimate of drug-likeness (QED) is 0.644. The van der Waals surface area contributed by atoms with Crippen LogP contribution >= 0.6 is 0 Å². The molecule has 0 unspecified atom stereocenters. The monoisotopic (exact) mass is 405 g/mol. The van der Waals surface area contributed by atoms with Crippen LogP contribution in [0.2, 0.25) is 0 Å². The van der Waals surface area contributed by atoms with Gasteiger partial charge in [0.1, 0.15) is 11.4 Å². The number of carboxylic acids is 1. The molecular formula is C20H23NO6S. The van der Waals surface area contributed by atoms with Gasteiger partial charge in [-0.05, 0) is 36.6 Å². The van der Waals surface area contributed by atoms with Crippen LogP contribution in [0.5, 0.6) is 0 Å². The van der Waals surface area contributed by atoms with Crippen molar-refractivity contribution < 1.29 is 27.9 Å². The van der Waals surface area contributed by atoms with Crippen LogP contribution in [0.4, 0.5) is 5.69 Å². The molecule has 7 nitrogen and oxygen atoms in total. The van der Waals surface area contributed by atoms with E-state index in [9.17, 15) is 23.1 Å². The number of benzene rings is 2. The largest absolute Gasteiger partial charge is 0.478 e. The SMILES string of the molecule is CCCCc1ccccc1N(CC(=O)OC)S(=O)(=O)c1ccccc1C(=O)O. The van der Waals surface area contributed by atoms with Crippen molar-refractivity contribution in [1.29, 1.82) is 0 Å². The molecule has 0 saturated carbocycles. The summed E-state index contributed by atoms with van der Waals surface area (Å²) in [6.07, 6.45) is 2.38. The lowest BCUT2D eigenvalue weighted by atomic mass is 10.1. The number of aromatic carboxylic acids is 1. The number of nitrogens with zero attached hydrogens (tertiary/aromatic N) is 1. The van der Waals surface area contributed by atoms with Crippen molar-refractivity contribution >= 4 is 27.6 Å². The highest BCUT2D eigenvalue weighted by Crippen LogP contribution is 2.29. The van der Waals surface area contributed by atoms with E-state index in [-0.39, 0.29) is 10.5 Å². The summed E-state index contributed by atoms with van der Waals surface area (Å²) in [6, 6.07) is 12.2. The fourth-order valence-electron chi connectivity index (χ4n) is 2.80. The van der Waals surface area contributed by atoms with Crippen molar-refractivity contribution in [2.45, 2.75) is 31.1 Å². The molecule has 0 aliphatic heterocycles. The molecule has 0 spiro atoms. The number of para-hydroxylation sites is 1. The molecule has 0 amide bonds. The molecule has 2 aromatic carbocycles. The third kappa shape index (κ3) is 4.69. The number of hydrogen-bond donors (Lipinski definition) is 1. The number of methoxy groups -OCH3 is 1. The summed E-state index contributed by atoms with van der Waals surface area (Å²) in [5, 5.41) is 9.41. The molecule has 0 aromatic heterocycles. The van der Waals surface area contributed by atoms with Crippen LogP contribution in [-0.2, 0) is 26.0 Å². The molecule has 0 fully saturated rings. The molecule has 150 valence electrons. The summed E-state index contributed by atoms with van der Waals surface area (Å²) >= 11 is 0. The summed E-state index contributed by atoms with van der Waals surface area (Å²) < 4.78 is 32.4. The maximum Gasteiger partial charge on any atom is 0.337 e. The van der Waals surface area contributed by atoms with Gasteiger partial charge in [0.05, 0.1) is 18.4 Å². The number of carbonyl (C=O) groups excluding carboxylic acids is 1. The first-order valence-electron chi connectivity index (χ1n) is 8.82. The van der Waals surface area contributed by atoms with Gasteiger partial charge in [-0.3, -0.25) is 9.10 Å². The maximum atomic E-state index is 13.4. The third-order valence-corrected chi connectivity index (χ3v) is 6.06. The number of carboxylic acid groups (broad SMARTS) is 1. The fourth-order valence-corrected chi connectivity index (χ4v) is 4.43. The molecule has 0 aliphatic rings. The number of unbranched alkanes of at least 4 members (excludes halogenated alkanes) is 1. The minimum atomic E-state index is -4.33. The number of hydrogen-bond acceptors (Lipinski definition) is 5. The number of carbonyl (C=O) groups is 2. The molecule has 1 N–H and O–H groups in total. The van der Waals surface area contributed by atoms with Gasteiger partial charge in [0.15, 0.2) is 0 Å². The second-order valence-corrected chi connectivity index (χ2v) is 7.95. The minimum absolute atomic E-state index is 0.335. The van der Waals surface area contributed by atoms with Crippen LogP contribution in [0.3, 0.4) is 0 Å². The van der Waals surface area contributed by atoms with E-state index in [0.717, 1.165) is 22.7 Å². The van der Waals surface area contributed by atoms with E-state index < -0.39 is 28.5 Å². The molecule has 0 bridgehead atoms. The number of aryl methyl sites for hydroxylation is 1. The van der Waals surface area contributed by atoms with Crippen LogP contribution in [0.15, 0.2) is 53.4 Å². The van der Waals surface area contributed by atoms with Crippen LogP contribution in [0.1, 0.15) is 35.7 Å². The molecule has 0 aliphatic carbocycles. The standard InChI is InChI=1S/C20H23NO6S/c1-3-4-9-15-10-5-7-12-17(15)21(14-19(22)27-2)28(25,26)18-13-8-6-11-16(18)20(23)24/h5-8,10-13H,3-4,9,14H2,1-2H3,(H,23,24). The zero-order chi connectivity index (χ0) is 20.7.